The van der Waals surface area contributed by atoms with Crippen LogP contribution in [0.15, 0.2) is 0 Å². The molecular weight excluding hydrogens is 651 g/mol. The Bertz CT molecular complexity index is 685. The van der Waals surface area contributed by atoms with Crippen LogP contribution >= 0.6 is 0 Å². The van der Waals surface area contributed by atoms with Crippen molar-refractivity contribution in [1.82, 2.24) is 5.32 Å². The van der Waals surface area contributed by atoms with Gasteiger partial charge in [0, 0.05) is 6.42 Å². The summed E-state index contributed by atoms with van der Waals surface area (Å²) in [4.78, 5) is 12.4. The quantitative estimate of drug-likeness (QED) is 0.0543. The van der Waals surface area contributed by atoms with Gasteiger partial charge in [0.05, 0.1) is 18.8 Å². The Morgan fingerprint density at radius 1 is 0.377 bits per heavy atom. The van der Waals surface area contributed by atoms with Crippen LogP contribution in [0.3, 0.4) is 0 Å². The van der Waals surface area contributed by atoms with Gasteiger partial charge in [-0.25, -0.2) is 0 Å². The Labute approximate surface area is 334 Å². The lowest BCUT2D eigenvalue weighted by atomic mass is 10.0. The highest BCUT2D eigenvalue weighted by Crippen LogP contribution is 2.18. The zero-order chi connectivity index (χ0) is 38.6. The number of hydrogen-bond acceptors (Lipinski definition) is 3. The van der Waals surface area contributed by atoms with Crippen molar-refractivity contribution in [3.63, 3.8) is 0 Å². The van der Waals surface area contributed by atoms with E-state index in [1.54, 1.807) is 0 Å². The molecule has 0 bridgehead atoms. The van der Waals surface area contributed by atoms with Gasteiger partial charge in [-0.05, 0) is 12.8 Å². The van der Waals surface area contributed by atoms with Gasteiger partial charge in [-0.15, -0.1) is 0 Å². The molecule has 318 valence electrons. The van der Waals surface area contributed by atoms with E-state index in [9.17, 15) is 15.0 Å². The summed E-state index contributed by atoms with van der Waals surface area (Å²) in [5.74, 6) is -0.0237. The second-order valence-electron chi connectivity index (χ2n) is 17.3. The minimum absolute atomic E-state index is 0.0237. The standard InChI is InChI=1S/C49H99NO3/c1-3-5-7-9-11-13-15-17-19-21-23-25-27-29-31-33-35-37-39-41-43-45-49(53)50-47(46-51)48(52)44-42-40-38-36-34-32-30-28-26-24-22-20-18-16-14-12-10-8-6-4-2/h47-48,51-52H,3-46H2,1-2H3,(H,50,53). The molecule has 0 rings (SSSR count). The molecule has 0 spiro atoms. The third-order valence-electron chi connectivity index (χ3n) is 11.9. The summed E-state index contributed by atoms with van der Waals surface area (Å²) < 4.78 is 0. The molecule has 0 saturated carbocycles. The lowest BCUT2D eigenvalue weighted by Gasteiger charge is -2.22. The number of amides is 1. The summed E-state index contributed by atoms with van der Waals surface area (Å²) in [6.07, 6.45) is 56.3. The zero-order valence-corrected chi connectivity index (χ0v) is 36.6. The smallest absolute Gasteiger partial charge is 0.220 e. The number of aliphatic hydroxyl groups excluding tert-OH is 2. The molecule has 0 aromatic heterocycles. The van der Waals surface area contributed by atoms with Crippen LogP contribution < -0.4 is 5.32 Å². The van der Waals surface area contributed by atoms with Crippen molar-refractivity contribution in [2.45, 2.75) is 302 Å². The molecule has 0 saturated heterocycles. The Kier molecular flexibility index (Phi) is 45.3. The second kappa shape index (κ2) is 45.8. The Morgan fingerprint density at radius 2 is 0.604 bits per heavy atom. The fraction of sp³-hybridized carbons (Fsp3) is 0.980. The first kappa shape index (κ1) is 52.4. The number of carbonyl (C=O) groups excluding carboxylic acids is 1. The average Bonchev–Trinajstić information content (AvgIpc) is 3.16. The predicted octanol–water partition coefficient (Wildman–Crippen LogP) is 15.6. The highest BCUT2D eigenvalue weighted by molar-refractivity contribution is 5.76. The average molecular weight is 750 g/mol. The molecule has 0 heterocycles. The fourth-order valence-electron chi connectivity index (χ4n) is 8.07. The summed E-state index contributed by atoms with van der Waals surface area (Å²) in [5.41, 5.74) is 0. The molecule has 0 radical (unpaired) electrons. The minimum Gasteiger partial charge on any atom is -0.394 e. The first-order valence-corrected chi connectivity index (χ1v) is 24.7. The van der Waals surface area contributed by atoms with Crippen LogP contribution in [0.2, 0.25) is 0 Å². The summed E-state index contributed by atoms with van der Waals surface area (Å²) in [7, 11) is 0. The van der Waals surface area contributed by atoms with Crippen LogP contribution in [0.5, 0.6) is 0 Å². The fourth-order valence-corrected chi connectivity index (χ4v) is 8.07. The molecule has 1 amide bonds. The number of hydrogen-bond donors (Lipinski definition) is 3. The normalized spacial score (nSPS) is 12.8. The van der Waals surface area contributed by atoms with E-state index < -0.39 is 12.1 Å². The van der Waals surface area contributed by atoms with Crippen LogP contribution in [0, 0.1) is 0 Å². The van der Waals surface area contributed by atoms with Crippen LogP contribution in [0.1, 0.15) is 290 Å². The molecule has 4 nitrogen and oxygen atoms in total. The third kappa shape index (κ3) is 42.4. The van der Waals surface area contributed by atoms with Gasteiger partial charge in [-0.1, -0.05) is 271 Å². The molecule has 0 fully saturated rings. The van der Waals surface area contributed by atoms with Crippen molar-refractivity contribution >= 4 is 5.91 Å². The Hall–Kier alpha value is -0.610. The molecule has 0 aromatic rings. The number of unbranched alkanes of at least 4 members (excludes halogenated alkanes) is 39. The number of rotatable bonds is 46. The Morgan fingerprint density at radius 3 is 0.849 bits per heavy atom. The molecule has 3 N–H and O–H groups in total. The highest BCUT2D eigenvalue weighted by Gasteiger charge is 2.20. The van der Waals surface area contributed by atoms with E-state index >= 15 is 0 Å². The van der Waals surface area contributed by atoms with Crippen molar-refractivity contribution < 1.29 is 15.0 Å². The van der Waals surface area contributed by atoms with E-state index in [0.717, 1.165) is 25.7 Å². The van der Waals surface area contributed by atoms with Gasteiger partial charge in [0.2, 0.25) is 5.91 Å². The van der Waals surface area contributed by atoms with Crippen molar-refractivity contribution in [1.29, 1.82) is 0 Å². The van der Waals surface area contributed by atoms with Crippen molar-refractivity contribution in [2.24, 2.45) is 0 Å². The maximum Gasteiger partial charge on any atom is 0.220 e. The first-order chi connectivity index (χ1) is 26.2. The zero-order valence-electron chi connectivity index (χ0n) is 36.6. The maximum absolute atomic E-state index is 12.4. The van der Waals surface area contributed by atoms with E-state index in [1.165, 1.54) is 238 Å². The highest BCUT2D eigenvalue weighted by atomic mass is 16.3. The molecule has 0 aliphatic heterocycles. The second-order valence-corrected chi connectivity index (χ2v) is 17.3. The lowest BCUT2D eigenvalue weighted by molar-refractivity contribution is -0.123. The third-order valence-corrected chi connectivity index (χ3v) is 11.9. The van der Waals surface area contributed by atoms with E-state index in [-0.39, 0.29) is 12.5 Å². The summed E-state index contributed by atoms with van der Waals surface area (Å²) in [6, 6.07) is -0.530. The first-order valence-electron chi connectivity index (χ1n) is 24.7. The number of aliphatic hydroxyl groups is 2. The van der Waals surface area contributed by atoms with Crippen molar-refractivity contribution in [3.8, 4) is 0 Å². The van der Waals surface area contributed by atoms with E-state index in [4.69, 9.17) is 0 Å². The van der Waals surface area contributed by atoms with Gasteiger partial charge >= 0.3 is 0 Å². The summed E-state index contributed by atoms with van der Waals surface area (Å²) in [6.45, 7) is 4.40. The predicted molar refractivity (Wildman–Crippen MR) is 235 cm³/mol. The molecule has 0 aliphatic carbocycles. The molecule has 0 aromatic carbocycles. The molecule has 2 atom stereocenters. The van der Waals surface area contributed by atoms with E-state index in [0.29, 0.717) is 12.8 Å². The van der Waals surface area contributed by atoms with Gasteiger partial charge in [-0.3, -0.25) is 4.79 Å². The van der Waals surface area contributed by atoms with Crippen molar-refractivity contribution in [3.05, 3.63) is 0 Å². The molecule has 53 heavy (non-hydrogen) atoms. The molecular formula is C49H99NO3. The summed E-state index contributed by atoms with van der Waals surface area (Å²) >= 11 is 0. The topological polar surface area (TPSA) is 69.6 Å². The molecule has 4 heteroatoms. The van der Waals surface area contributed by atoms with E-state index in [2.05, 4.69) is 19.2 Å². The van der Waals surface area contributed by atoms with Gasteiger partial charge in [0.15, 0.2) is 0 Å². The van der Waals surface area contributed by atoms with Gasteiger partial charge in [0.1, 0.15) is 0 Å². The van der Waals surface area contributed by atoms with Gasteiger partial charge in [0.25, 0.3) is 0 Å². The molecule has 2 unspecified atom stereocenters. The molecule has 0 aliphatic rings. The summed E-state index contributed by atoms with van der Waals surface area (Å²) in [5, 5.41) is 23.3. The van der Waals surface area contributed by atoms with Crippen LogP contribution in [-0.2, 0) is 4.79 Å². The monoisotopic (exact) mass is 750 g/mol. The lowest BCUT2D eigenvalue weighted by Crippen LogP contribution is -2.45. The largest absolute Gasteiger partial charge is 0.394 e. The Balaban J connectivity index is 3.43. The maximum atomic E-state index is 12.4. The van der Waals surface area contributed by atoms with E-state index in [1.807, 2.05) is 0 Å². The SMILES string of the molecule is CCCCCCCCCCCCCCCCCCCCCCCC(=O)NC(CO)C(O)CCCCCCCCCCCCCCCCCCCCCC. The van der Waals surface area contributed by atoms with Gasteiger partial charge < -0.3 is 15.5 Å². The number of nitrogens with one attached hydrogen (secondary N) is 1. The van der Waals surface area contributed by atoms with Gasteiger partial charge in [-0.2, -0.15) is 0 Å². The van der Waals surface area contributed by atoms with Crippen LogP contribution in [0.4, 0.5) is 0 Å². The van der Waals surface area contributed by atoms with Crippen molar-refractivity contribution in [2.75, 3.05) is 6.61 Å². The minimum atomic E-state index is -0.654. The number of carbonyl (C=O) groups is 1. The van der Waals surface area contributed by atoms with Crippen LogP contribution in [0.25, 0.3) is 0 Å². The van der Waals surface area contributed by atoms with Crippen LogP contribution in [-0.4, -0.2) is 34.9 Å².